The standard InChI is InChI=1S/C14H22N2O6S/c1-5-22-14(17)15-8-9-16(23(4,18)19)12-7-6-11(20-2)10-13(12)21-3/h6-7,10H,5,8-9H2,1-4H3,(H,15,17). The summed E-state index contributed by atoms with van der Waals surface area (Å²) in [7, 11) is -0.614. The molecule has 1 rings (SSSR count). The molecule has 0 heterocycles. The van der Waals surface area contributed by atoms with E-state index in [2.05, 4.69) is 5.32 Å². The van der Waals surface area contributed by atoms with Crippen molar-refractivity contribution in [2.45, 2.75) is 6.92 Å². The molecule has 0 aliphatic heterocycles. The van der Waals surface area contributed by atoms with Crippen LogP contribution in [0.2, 0.25) is 0 Å². The van der Waals surface area contributed by atoms with Gasteiger partial charge in [0.05, 0.1) is 39.3 Å². The van der Waals surface area contributed by atoms with E-state index in [0.29, 0.717) is 17.2 Å². The van der Waals surface area contributed by atoms with Crippen LogP contribution in [0.1, 0.15) is 6.92 Å². The summed E-state index contributed by atoms with van der Waals surface area (Å²) in [6, 6.07) is 4.81. The lowest BCUT2D eigenvalue weighted by Crippen LogP contribution is -2.38. The molecule has 23 heavy (non-hydrogen) atoms. The van der Waals surface area contributed by atoms with Crippen molar-refractivity contribution in [1.82, 2.24) is 5.32 Å². The van der Waals surface area contributed by atoms with E-state index < -0.39 is 16.1 Å². The lowest BCUT2D eigenvalue weighted by Gasteiger charge is -2.24. The van der Waals surface area contributed by atoms with Crippen LogP contribution in [-0.2, 0) is 14.8 Å². The Hall–Kier alpha value is -2.16. The number of rotatable bonds is 8. The molecule has 0 radical (unpaired) electrons. The number of anilines is 1. The first-order valence-electron chi connectivity index (χ1n) is 6.93. The third kappa shape index (κ3) is 5.51. The molecular weight excluding hydrogens is 324 g/mol. The molecule has 0 bridgehead atoms. The highest BCUT2D eigenvalue weighted by molar-refractivity contribution is 7.92. The van der Waals surface area contributed by atoms with Crippen molar-refractivity contribution in [3.8, 4) is 11.5 Å². The average molecular weight is 346 g/mol. The second-order valence-corrected chi connectivity index (χ2v) is 6.43. The molecule has 1 aromatic carbocycles. The number of nitrogens with zero attached hydrogens (tertiary/aromatic N) is 1. The molecule has 1 amide bonds. The Morgan fingerprint density at radius 1 is 1.26 bits per heavy atom. The van der Waals surface area contributed by atoms with Gasteiger partial charge in [0.2, 0.25) is 10.0 Å². The van der Waals surface area contributed by atoms with Crippen molar-refractivity contribution < 1.29 is 27.4 Å². The monoisotopic (exact) mass is 346 g/mol. The maximum atomic E-state index is 12.1. The highest BCUT2D eigenvalue weighted by Gasteiger charge is 2.21. The smallest absolute Gasteiger partial charge is 0.407 e. The number of carbonyl (C=O) groups is 1. The Kier molecular flexibility index (Phi) is 6.95. The Labute approximate surface area is 136 Å². The number of hydrogen-bond acceptors (Lipinski definition) is 6. The summed E-state index contributed by atoms with van der Waals surface area (Å²) < 4.78 is 40.3. The third-order valence-corrected chi connectivity index (χ3v) is 4.10. The van der Waals surface area contributed by atoms with Crippen LogP contribution in [0.5, 0.6) is 11.5 Å². The zero-order chi connectivity index (χ0) is 17.5. The Balaban J connectivity index is 2.97. The second-order valence-electron chi connectivity index (χ2n) is 4.52. The van der Waals surface area contributed by atoms with Crippen LogP contribution in [0.15, 0.2) is 18.2 Å². The maximum Gasteiger partial charge on any atom is 0.407 e. The molecule has 0 aliphatic rings. The fraction of sp³-hybridized carbons (Fsp3) is 0.500. The molecule has 0 fully saturated rings. The molecule has 0 saturated carbocycles. The van der Waals surface area contributed by atoms with Crippen molar-refractivity contribution in [2.75, 3.05) is 44.5 Å². The Bertz CT molecular complexity index is 632. The third-order valence-electron chi connectivity index (χ3n) is 2.92. The van der Waals surface area contributed by atoms with Crippen LogP contribution in [0.3, 0.4) is 0 Å². The number of hydrogen-bond donors (Lipinski definition) is 1. The molecule has 0 unspecified atom stereocenters. The SMILES string of the molecule is CCOC(=O)NCCN(c1ccc(OC)cc1OC)S(C)(=O)=O. The van der Waals surface area contributed by atoms with E-state index in [-0.39, 0.29) is 19.7 Å². The van der Waals surface area contributed by atoms with Crippen LogP contribution < -0.4 is 19.1 Å². The lowest BCUT2D eigenvalue weighted by atomic mass is 10.2. The van der Waals surface area contributed by atoms with Gasteiger partial charge in [0.15, 0.2) is 0 Å². The highest BCUT2D eigenvalue weighted by atomic mass is 32.2. The molecule has 130 valence electrons. The summed E-state index contributed by atoms with van der Waals surface area (Å²) in [5.41, 5.74) is 0.362. The minimum atomic E-state index is -3.56. The van der Waals surface area contributed by atoms with Gasteiger partial charge in [0, 0.05) is 12.6 Å². The fourth-order valence-corrected chi connectivity index (χ4v) is 2.83. The van der Waals surface area contributed by atoms with E-state index in [1.54, 1.807) is 25.1 Å². The fourth-order valence-electron chi connectivity index (χ4n) is 1.90. The summed E-state index contributed by atoms with van der Waals surface area (Å²) >= 11 is 0. The number of benzene rings is 1. The van der Waals surface area contributed by atoms with Gasteiger partial charge < -0.3 is 19.5 Å². The molecular formula is C14H22N2O6S. The van der Waals surface area contributed by atoms with Gasteiger partial charge in [0.1, 0.15) is 11.5 Å². The van der Waals surface area contributed by atoms with Crippen LogP contribution in [0.25, 0.3) is 0 Å². The minimum absolute atomic E-state index is 0.0420. The van der Waals surface area contributed by atoms with Crippen molar-refractivity contribution in [3.05, 3.63) is 18.2 Å². The van der Waals surface area contributed by atoms with Crippen molar-refractivity contribution in [1.29, 1.82) is 0 Å². The van der Waals surface area contributed by atoms with Gasteiger partial charge in [-0.05, 0) is 19.1 Å². The number of sulfonamides is 1. The summed E-state index contributed by atoms with van der Waals surface area (Å²) in [5.74, 6) is 0.898. The molecule has 0 saturated heterocycles. The summed E-state index contributed by atoms with van der Waals surface area (Å²) in [6.45, 7) is 2.07. The lowest BCUT2D eigenvalue weighted by molar-refractivity contribution is 0.152. The molecule has 1 aromatic rings. The molecule has 9 heteroatoms. The molecule has 0 aliphatic carbocycles. The van der Waals surface area contributed by atoms with Gasteiger partial charge >= 0.3 is 6.09 Å². The topological polar surface area (TPSA) is 94.2 Å². The van der Waals surface area contributed by atoms with E-state index in [0.717, 1.165) is 10.6 Å². The van der Waals surface area contributed by atoms with Gasteiger partial charge in [-0.25, -0.2) is 13.2 Å². The summed E-state index contributed by atoms with van der Waals surface area (Å²) in [5, 5.41) is 2.48. The van der Waals surface area contributed by atoms with E-state index >= 15 is 0 Å². The van der Waals surface area contributed by atoms with Gasteiger partial charge in [0.25, 0.3) is 0 Å². The number of ether oxygens (including phenoxy) is 3. The van der Waals surface area contributed by atoms with Gasteiger partial charge in [-0.3, -0.25) is 4.31 Å². The van der Waals surface area contributed by atoms with Crippen molar-refractivity contribution >= 4 is 21.8 Å². The zero-order valence-corrected chi connectivity index (χ0v) is 14.5. The quantitative estimate of drug-likeness (QED) is 0.760. The summed E-state index contributed by atoms with van der Waals surface area (Å²) in [6.07, 6.45) is 0.490. The van der Waals surface area contributed by atoms with Crippen LogP contribution >= 0.6 is 0 Å². The maximum absolute atomic E-state index is 12.1. The first-order chi connectivity index (χ1) is 10.8. The van der Waals surface area contributed by atoms with Gasteiger partial charge in [-0.15, -0.1) is 0 Å². The number of carbonyl (C=O) groups excluding carboxylic acids is 1. The predicted molar refractivity (Wildman–Crippen MR) is 86.8 cm³/mol. The number of nitrogens with one attached hydrogen (secondary N) is 1. The van der Waals surface area contributed by atoms with Crippen molar-refractivity contribution in [2.24, 2.45) is 0 Å². The van der Waals surface area contributed by atoms with Crippen LogP contribution in [0.4, 0.5) is 10.5 Å². The highest BCUT2D eigenvalue weighted by Crippen LogP contribution is 2.33. The first kappa shape index (κ1) is 18.9. The molecule has 1 N–H and O–H groups in total. The zero-order valence-electron chi connectivity index (χ0n) is 13.7. The molecule has 0 spiro atoms. The van der Waals surface area contributed by atoms with Gasteiger partial charge in [-0.2, -0.15) is 0 Å². The normalized spacial score (nSPS) is 10.8. The van der Waals surface area contributed by atoms with E-state index in [9.17, 15) is 13.2 Å². The van der Waals surface area contributed by atoms with Gasteiger partial charge in [-0.1, -0.05) is 0 Å². The number of methoxy groups -OCH3 is 2. The summed E-state index contributed by atoms with van der Waals surface area (Å²) in [4.78, 5) is 11.3. The largest absolute Gasteiger partial charge is 0.497 e. The number of amides is 1. The Morgan fingerprint density at radius 3 is 2.48 bits per heavy atom. The molecule has 8 nitrogen and oxygen atoms in total. The molecule has 0 aromatic heterocycles. The Morgan fingerprint density at radius 2 is 1.96 bits per heavy atom. The van der Waals surface area contributed by atoms with E-state index in [1.807, 2.05) is 0 Å². The van der Waals surface area contributed by atoms with Crippen LogP contribution in [0, 0.1) is 0 Å². The minimum Gasteiger partial charge on any atom is -0.497 e. The second kappa shape index (κ2) is 8.47. The average Bonchev–Trinajstić information content (AvgIpc) is 2.50. The predicted octanol–water partition coefficient (Wildman–Crippen LogP) is 1.22. The first-order valence-corrected chi connectivity index (χ1v) is 8.78. The van der Waals surface area contributed by atoms with E-state index in [4.69, 9.17) is 14.2 Å². The molecule has 0 atom stereocenters. The van der Waals surface area contributed by atoms with Crippen molar-refractivity contribution in [3.63, 3.8) is 0 Å². The van der Waals surface area contributed by atoms with Crippen LogP contribution in [-0.4, -0.2) is 54.7 Å². The number of alkyl carbamates (subject to hydrolysis) is 1. The van der Waals surface area contributed by atoms with E-state index in [1.165, 1.54) is 14.2 Å².